The Morgan fingerprint density at radius 2 is 2.16 bits per heavy atom. The molecule has 5 rings (SSSR count). The van der Waals surface area contributed by atoms with Gasteiger partial charge in [0.15, 0.2) is 0 Å². The van der Waals surface area contributed by atoms with E-state index in [2.05, 4.69) is 39.4 Å². The van der Waals surface area contributed by atoms with Crippen molar-refractivity contribution in [3.05, 3.63) is 47.7 Å². The molecule has 1 amide bonds. The lowest BCUT2D eigenvalue weighted by Crippen LogP contribution is -2.26. The molecule has 2 aromatic carbocycles. The molecule has 1 fully saturated rings. The Morgan fingerprint density at radius 1 is 1.28 bits per heavy atom. The summed E-state index contributed by atoms with van der Waals surface area (Å²) in [6.45, 7) is 2.02. The molecule has 1 aromatic heterocycles. The van der Waals surface area contributed by atoms with Gasteiger partial charge < -0.3 is 24.8 Å². The largest absolute Gasteiger partial charge is 0.495 e. The van der Waals surface area contributed by atoms with Crippen molar-refractivity contribution in [2.24, 2.45) is 0 Å². The number of fused-ring (bicyclic) bond motifs is 2. The first-order valence-corrected chi connectivity index (χ1v) is 10.5. The summed E-state index contributed by atoms with van der Waals surface area (Å²) in [6.07, 6.45) is 1.75. The third-order valence-electron chi connectivity index (χ3n) is 5.93. The Hall–Kier alpha value is -3.43. The number of methoxy groups -OCH3 is 1. The van der Waals surface area contributed by atoms with Gasteiger partial charge in [-0.05, 0) is 54.9 Å². The highest BCUT2D eigenvalue weighted by atomic mass is 16.6. The molecule has 0 bridgehead atoms. The SMILES string of the molecule is COc1cc2c(cc1Nc1ncc3ccc(N4CC(CO)OC4=O)cc3n1)CN(C)CC2. The summed E-state index contributed by atoms with van der Waals surface area (Å²) in [5.41, 5.74) is 4.73. The number of amides is 1. The molecule has 9 heteroatoms. The Morgan fingerprint density at radius 3 is 2.94 bits per heavy atom. The van der Waals surface area contributed by atoms with Crippen LogP contribution in [-0.4, -0.2) is 66.0 Å². The average molecular weight is 435 g/mol. The molecule has 2 aliphatic rings. The third kappa shape index (κ3) is 3.80. The van der Waals surface area contributed by atoms with Crippen molar-refractivity contribution in [3.63, 3.8) is 0 Å². The van der Waals surface area contributed by atoms with Gasteiger partial charge in [0.05, 0.1) is 31.5 Å². The highest BCUT2D eigenvalue weighted by molar-refractivity contribution is 5.93. The van der Waals surface area contributed by atoms with Gasteiger partial charge in [0.2, 0.25) is 5.95 Å². The number of likely N-dealkylation sites (N-methyl/N-ethyl adjacent to an activating group) is 1. The van der Waals surface area contributed by atoms with Crippen LogP contribution >= 0.6 is 0 Å². The van der Waals surface area contributed by atoms with Crippen LogP contribution in [0.15, 0.2) is 36.5 Å². The number of hydrogen-bond donors (Lipinski definition) is 2. The monoisotopic (exact) mass is 435 g/mol. The number of rotatable bonds is 5. The maximum Gasteiger partial charge on any atom is 0.414 e. The van der Waals surface area contributed by atoms with Crippen LogP contribution in [0.5, 0.6) is 5.75 Å². The van der Waals surface area contributed by atoms with Crippen molar-refractivity contribution >= 4 is 34.3 Å². The number of aromatic nitrogens is 2. The number of aliphatic hydroxyl groups is 1. The van der Waals surface area contributed by atoms with E-state index in [1.54, 1.807) is 13.3 Å². The van der Waals surface area contributed by atoms with Crippen LogP contribution in [0.25, 0.3) is 10.9 Å². The van der Waals surface area contributed by atoms with Gasteiger partial charge in [0.1, 0.15) is 11.9 Å². The summed E-state index contributed by atoms with van der Waals surface area (Å²) in [4.78, 5) is 25.0. The first-order valence-electron chi connectivity index (χ1n) is 10.5. The van der Waals surface area contributed by atoms with Crippen LogP contribution in [0.3, 0.4) is 0 Å². The van der Waals surface area contributed by atoms with Gasteiger partial charge >= 0.3 is 6.09 Å². The van der Waals surface area contributed by atoms with Crippen molar-refractivity contribution in [2.45, 2.75) is 19.1 Å². The van der Waals surface area contributed by atoms with Gasteiger partial charge in [0, 0.05) is 30.4 Å². The van der Waals surface area contributed by atoms with Crippen molar-refractivity contribution in [2.75, 3.05) is 44.1 Å². The number of carbonyl (C=O) groups is 1. The molecule has 32 heavy (non-hydrogen) atoms. The molecule has 9 nitrogen and oxygen atoms in total. The number of carbonyl (C=O) groups excluding carboxylic acids is 1. The van der Waals surface area contributed by atoms with Crippen LogP contribution in [0, 0.1) is 0 Å². The van der Waals surface area contributed by atoms with E-state index in [4.69, 9.17) is 9.47 Å². The molecule has 166 valence electrons. The van der Waals surface area contributed by atoms with E-state index < -0.39 is 12.2 Å². The Labute approximate surface area is 185 Å². The smallest absolute Gasteiger partial charge is 0.414 e. The van der Waals surface area contributed by atoms with Gasteiger partial charge in [0.25, 0.3) is 0 Å². The summed E-state index contributed by atoms with van der Waals surface area (Å²) in [6, 6.07) is 9.69. The van der Waals surface area contributed by atoms with Crippen LogP contribution in [-0.2, 0) is 17.7 Å². The van der Waals surface area contributed by atoms with Gasteiger partial charge in [-0.25, -0.2) is 14.8 Å². The summed E-state index contributed by atoms with van der Waals surface area (Å²) >= 11 is 0. The second-order valence-corrected chi connectivity index (χ2v) is 8.17. The van der Waals surface area contributed by atoms with Crippen molar-refractivity contribution in [1.82, 2.24) is 14.9 Å². The number of nitrogens with zero attached hydrogens (tertiary/aromatic N) is 4. The fourth-order valence-corrected chi connectivity index (χ4v) is 4.18. The van der Waals surface area contributed by atoms with Crippen molar-refractivity contribution in [1.29, 1.82) is 0 Å². The molecule has 0 spiro atoms. The lowest BCUT2D eigenvalue weighted by atomic mass is 9.99. The van der Waals surface area contributed by atoms with E-state index in [0.29, 0.717) is 23.7 Å². The van der Waals surface area contributed by atoms with E-state index in [0.717, 1.165) is 36.3 Å². The minimum atomic E-state index is -0.517. The van der Waals surface area contributed by atoms with Crippen LogP contribution in [0.4, 0.5) is 22.1 Å². The maximum atomic E-state index is 12.1. The second kappa shape index (κ2) is 8.25. The number of nitrogens with one attached hydrogen (secondary N) is 1. The molecular weight excluding hydrogens is 410 g/mol. The molecule has 3 heterocycles. The van der Waals surface area contributed by atoms with E-state index >= 15 is 0 Å². The first-order chi connectivity index (χ1) is 15.5. The second-order valence-electron chi connectivity index (χ2n) is 8.17. The van der Waals surface area contributed by atoms with Gasteiger partial charge in [-0.15, -0.1) is 0 Å². The number of aliphatic hydroxyl groups excluding tert-OH is 1. The molecule has 1 saturated heterocycles. The summed E-state index contributed by atoms with van der Waals surface area (Å²) in [7, 11) is 3.77. The van der Waals surface area contributed by atoms with Gasteiger partial charge in [-0.1, -0.05) is 0 Å². The third-order valence-corrected chi connectivity index (χ3v) is 5.93. The van der Waals surface area contributed by atoms with E-state index in [9.17, 15) is 9.90 Å². The summed E-state index contributed by atoms with van der Waals surface area (Å²) < 4.78 is 10.8. The lowest BCUT2D eigenvalue weighted by Gasteiger charge is -2.26. The molecule has 0 aliphatic carbocycles. The highest BCUT2D eigenvalue weighted by Gasteiger charge is 2.32. The molecule has 3 aromatic rings. The lowest BCUT2D eigenvalue weighted by molar-refractivity contribution is 0.0963. The van der Waals surface area contributed by atoms with Crippen LogP contribution < -0.4 is 15.0 Å². The van der Waals surface area contributed by atoms with Gasteiger partial charge in [-0.3, -0.25) is 4.90 Å². The molecule has 1 atom stereocenters. The predicted octanol–water partition coefficient (Wildman–Crippen LogP) is 2.69. The van der Waals surface area contributed by atoms with E-state index in [1.165, 1.54) is 16.0 Å². The molecule has 2 N–H and O–H groups in total. The van der Waals surface area contributed by atoms with Crippen molar-refractivity contribution in [3.8, 4) is 5.75 Å². The normalized spacial score (nSPS) is 18.5. The molecule has 2 aliphatic heterocycles. The number of anilines is 3. The minimum absolute atomic E-state index is 0.204. The summed E-state index contributed by atoms with van der Waals surface area (Å²) in [5, 5.41) is 13.4. The topological polar surface area (TPSA) is 100 Å². The zero-order valence-corrected chi connectivity index (χ0v) is 18.0. The van der Waals surface area contributed by atoms with Gasteiger partial charge in [-0.2, -0.15) is 0 Å². The quantitative estimate of drug-likeness (QED) is 0.631. The van der Waals surface area contributed by atoms with E-state index in [-0.39, 0.29) is 6.61 Å². The Kier molecular flexibility index (Phi) is 5.28. The first kappa shape index (κ1) is 20.5. The fourth-order valence-electron chi connectivity index (χ4n) is 4.18. The predicted molar refractivity (Wildman–Crippen MR) is 121 cm³/mol. The Balaban J connectivity index is 1.45. The van der Waals surface area contributed by atoms with E-state index in [1.807, 2.05) is 18.2 Å². The number of cyclic esters (lactones) is 1. The molecule has 0 saturated carbocycles. The average Bonchev–Trinajstić information content (AvgIpc) is 3.19. The fraction of sp³-hybridized carbons (Fsp3) is 0.348. The van der Waals surface area contributed by atoms with Crippen LogP contribution in [0.2, 0.25) is 0 Å². The van der Waals surface area contributed by atoms with Crippen molar-refractivity contribution < 1.29 is 19.4 Å². The highest BCUT2D eigenvalue weighted by Crippen LogP contribution is 2.33. The zero-order chi connectivity index (χ0) is 22.2. The van der Waals surface area contributed by atoms with Crippen LogP contribution in [0.1, 0.15) is 11.1 Å². The zero-order valence-electron chi connectivity index (χ0n) is 18.0. The number of hydrogen-bond acceptors (Lipinski definition) is 8. The Bertz CT molecular complexity index is 1180. The molecule has 1 unspecified atom stereocenters. The molecule has 0 radical (unpaired) electrons. The number of benzene rings is 2. The standard InChI is InChI=1S/C23H25N5O4/c1-27-6-5-14-8-21(31-2)20(7-16(14)11-27)26-22-24-10-15-3-4-17(9-19(15)25-22)28-12-18(13-29)32-23(28)30/h3-4,7-10,18,29H,5-6,11-13H2,1-2H3,(H,24,25,26). The molecular formula is C23H25N5O4. The maximum absolute atomic E-state index is 12.1. The summed E-state index contributed by atoms with van der Waals surface area (Å²) in [5.74, 6) is 1.19. The minimum Gasteiger partial charge on any atom is -0.495 e. The number of ether oxygens (including phenoxy) is 2.